The maximum Gasteiger partial charge on any atom is 0.251 e. The zero-order valence-corrected chi connectivity index (χ0v) is 14.4. The molecule has 1 fully saturated rings. The fourth-order valence-electron chi connectivity index (χ4n) is 2.97. The van der Waals surface area contributed by atoms with Crippen LogP contribution in [-0.2, 0) is 0 Å². The molecule has 1 aliphatic carbocycles. The van der Waals surface area contributed by atoms with E-state index in [1.807, 2.05) is 6.07 Å². The van der Waals surface area contributed by atoms with E-state index in [4.69, 9.17) is 10.00 Å². The third-order valence-corrected chi connectivity index (χ3v) is 4.49. The Balaban J connectivity index is 1.53. The second-order valence-corrected chi connectivity index (χ2v) is 6.35. The quantitative estimate of drug-likeness (QED) is 0.912. The summed E-state index contributed by atoms with van der Waals surface area (Å²) in [5.41, 5.74) is 1.01. The summed E-state index contributed by atoms with van der Waals surface area (Å²) in [7, 11) is 0. The van der Waals surface area contributed by atoms with Crippen molar-refractivity contribution < 1.29 is 13.9 Å². The molecule has 1 aromatic carbocycles. The summed E-state index contributed by atoms with van der Waals surface area (Å²) in [4.78, 5) is 20.3. The smallest absolute Gasteiger partial charge is 0.251 e. The van der Waals surface area contributed by atoms with Crippen molar-refractivity contribution >= 4 is 5.91 Å². The second kappa shape index (κ2) is 7.91. The van der Waals surface area contributed by atoms with E-state index in [9.17, 15) is 9.18 Å². The van der Waals surface area contributed by atoms with Crippen molar-refractivity contribution in [1.82, 2.24) is 15.3 Å². The number of halogens is 1. The third-order valence-electron chi connectivity index (χ3n) is 4.49. The standard InChI is InChI=1S/C19H19FN4O2/c1-12-2-3-13(10-16(12)20)18(25)24-14-4-6-15(7-5-14)26-19-17(11-21)22-8-9-23-19/h2-3,8-10,14-15H,4-7H2,1H3,(H,24,25). The van der Waals surface area contributed by atoms with Crippen molar-refractivity contribution in [3.63, 3.8) is 0 Å². The largest absolute Gasteiger partial charge is 0.472 e. The predicted octanol–water partition coefficient (Wildman–Crippen LogP) is 2.92. The molecule has 1 aromatic heterocycles. The molecule has 1 aliphatic rings. The van der Waals surface area contributed by atoms with Gasteiger partial charge in [0, 0.05) is 24.0 Å². The molecule has 1 heterocycles. The number of carbonyl (C=O) groups excluding carboxylic acids is 1. The van der Waals surface area contributed by atoms with E-state index < -0.39 is 0 Å². The van der Waals surface area contributed by atoms with Crippen LogP contribution < -0.4 is 10.1 Å². The Morgan fingerprint density at radius 1 is 1.27 bits per heavy atom. The molecular formula is C19H19FN4O2. The number of carbonyl (C=O) groups is 1. The zero-order chi connectivity index (χ0) is 18.5. The number of aryl methyl sites for hydroxylation is 1. The van der Waals surface area contributed by atoms with Crippen molar-refractivity contribution in [3.8, 4) is 11.9 Å². The Morgan fingerprint density at radius 3 is 2.69 bits per heavy atom. The number of rotatable bonds is 4. The summed E-state index contributed by atoms with van der Waals surface area (Å²) in [5, 5.41) is 12.0. The average Bonchev–Trinajstić information content (AvgIpc) is 2.66. The van der Waals surface area contributed by atoms with Gasteiger partial charge < -0.3 is 10.1 Å². The highest BCUT2D eigenvalue weighted by molar-refractivity contribution is 5.94. The molecule has 26 heavy (non-hydrogen) atoms. The first-order valence-electron chi connectivity index (χ1n) is 8.51. The maximum absolute atomic E-state index is 13.6. The number of aromatic nitrogens is 2. The van der Waals surface area contributed by atoms with Crippen LogP contribution in [0.5, 0.6) is 5.88 Å². The van der Waals surface area contributed by atoms with E-state index >= 15 is 0 Å². The minimum Gasteiger partial charge on any atom is -0.472 e. The number of hydrogen-bond acceptors (Lipinski definition) is 5. The van der Waals surface area contributed by atoms with Gasteiger partial charge in [-0.15, -0.1) is 0 Å². The SMILES string of the molecule is Cc1ccc(C(=O)NC2CCC(Oc3nccnc3C#N)CC2)cc1F. The maximum atomic E-state index is 13.6. The summed E-state index contributed by atoms with van der Waals surface area (Å²) in [6.07, 6.45) is 5.82. The second-order valence-electron chi connectivity index (χ2n) is 6.35. The van der Waals surface area contributed by atoms with Crippen LogP contribution in [0.3, 0.4) is 0 Å². The van der Waals surface area contributed by atoms with Gasteiger partial charge in [0.2, 0.25) is 5.69 Å². The molecule has 134 valence electrons. The predicted molar refractivity (Wildman–Crippen MR) is 92.0 cm³/mol. The van der Waals surface area contributed by atoms with Gasteiger partial charge in [0.15, 0.2) is 0 Å². The van der Waals surface area contributed by atoms with Gasteiger partial charge in [-0.1, -0.05) is 6.07 Å². The van der Waals surface area contributed by atoms with Gasteiger partial charge in [-0.25, -0.2) is 14.4 Å². The van der Waals surface area contributed by atoms with Gasteiger partial charge in [0.25, 0.3) is 11.8 Å². The van der Waals surface area contributed by atoms with Crippen LogP contribution in [0.15, 0.2) is 30.6 Å². The number of hydrogen-bond donors (Lipinski definition) is 1. The number of nitrogens with one attached hydrogen (secondary N) is 1. The summed E-state index contributed by atoms with van der Waals surface area (Å²) in [6, 6.07) is 6.46. The van der Waals surface area contributed by atoms with Crippen molar-refractivity contribution in [3.05, 3.63) is 53.2 Å². The van der Waals surface area contributed by atoms with Gasteiger partial charge >= 0.3 is 0 Å². The lowest BCUT2D eigenvalue weighted by atomic mass is 9.92. The lowest BCUT2D eigenvalue weighted by Gasteiger charge is -2.29. The molecule has 7 heteroatoms. The molecule has 0 atom stereocenters. The summed E-state index contributed by atoms with van der Waals surface area (Å²) in [6.45, 7) is 1.66. The fourth-order valence-corrected chi connectivity index (χ4v) is 2.97. The Morgan fingerprint density at radius 2 is 2.00 bits per heavy atom. The normalized spacial score (nSPS) is 19.4. The van der Waals surface area contributed by atoms with Crippen LogP contribution in [0.2, 0.25) is 0 Å². The summed E-state index contributed by atoms with van der Waals surface area (Å²) in [5.74, 6) is -0.404. The molecule has 1 N–H and O–H groups in total. The molecule has 0 saturated heterocycles. The molecule has 0 bridgehead atoms. The van der Waals surface area contributed by atoms with Crippen LogP contribution >= 0.6 is 0 Å². The van der Waals surface area contributed by atoms with Gasteiger partial charge in [-0.3, -0.25) is 4.79 Å². The lowest BCUT2D eigenvalue weighted by molar-refractivity contribution is 0.0889. The van der Waals surface area contributed by atoms with E-state index in [1.165, 1.54) is 18.5 Å². The first kappa shape index (κ1) is 17.8. The molecule has 0 radical (unpaired) electrons. The Kier molecular flexibility index (Phi) is 5.42. The van der Waals surface area contributed by atoms with Crippen LogP contribution in [0.1, 0.15) is 47.3 Å². The van der Waals surface area contributed by atoms with Crippen molar-refractivity contribution in [2.45, 2.75) is 44.8 Å². The van der Waals surface area contributed by atoms with Gasteiger partial charge in [0.1, 0.15) is 18.0 Å². The molecular weight excluding hydrogens is 335 g/mol. The summed E-state index contributed by atoms with van der Waals surface area (Å²) >= 11 is 0. The van der Waals surface area contributed by atoms with Crippen molar-refractivity contribution in [2.75, 3.05) is 0 Å². The van der Waals surface area contributed by atoms with E-state index in [1.54, 1.807) is 19.1 Å². The van der Waals surface area contributed by atoms with Crippen LogP contribution in [0.25, 0.3) is 0 Å². The molecule has 6 nitrogen and oxygen atoms in total. The number of ether oxygens (including phenoxy) is 1. The van der Waals surface area contributed by atoms with Crippen molar-refractivity contribution in [1.29, 1.82) is 5.26 Å². The Hall–Kier alpha value is -3.01. The van der Waals surface area contributed by atoms with Crippen molar-refractivity contribution in [2.24, 2.45) is 0 Å². The molecule has 0 unspecified atom stereocenters. The fraction of sp³-hybridized carbons (Fsp3) is 0.368. The Labute approximate surface area is 151 Å². The molecule has 2 aromatic rings. The Bertz CT molecular complexity index is 842. The number of benzene rings is 1. The van der Waals surface area contributed by atoms with Crippen LogP contribution in [0, 0.1) is 24.1 Å². The minimum atomic E-state index is -0.382. The topological polar surface area (TPSA) is 87.9 Å². The number of nitrogens with zero attached hydrogens (tertiary/aromatic N) is 3. The average molecular weight is 354 g/mol. The van der Waals surface area contributed by atoms with Gasteiger partial charge in [0.05, 0.1) is 0 Å². The van der Waals surface area contributed by atoms with Crippen LogP contribution in [0.4, 0.5) is 4.39 Å². The molecule has 3 rings (SSSR count). The van der Waals surface area contributed by atoms with E-state index in [2.05, 4.69) is 15.3 Å². The minimum absolute atomic E-state index is 0.0176. The molecule has 1 amide bonds. The van der Waals surface area contributed by atoms with Gasteiger partial charge in [-0.05, 0) is 50.3 Å². The number of amides is 1. The molecule has 0 spiro atoms. The zero-order valence-electron chi connectivity index (χ0n) is 14.4. The van der Waals surface area contributed by atoms with Crippen LogP contribution in [-0.4, -0.2) is 28.0 Å². The summed E-state index contributed by atoms with van der Waals surface area (Å²) < 4.78 is 19.4. The lowest BCUT2D eigenvalue weighted by Crippen LogP contribution is -2.39. The van der Waals surface area contributed by atoms with E-state index in [0.717, 1.165) is 25.7 Å². The monoisotopic (exact) mass is 354 g/mol. The highest BCUT2D eigenvalue weighted by Gasteiger charge is 2.25. The van der Waals surface area contributed by atoms with E-state index in [-0.39, 0.29) is 35.4 Å². The molecule has 1 saturated carbocycles. The highest BCUT2D eigenvalue weighted by Crippen LogP contribution is 2.24. The first-order valence-corrected chi connectivity index (χ1v) is 8.51. The highest BCUT2D eigenvalue weighted by atomic mass is 19.1. The third kappa shape index (κ3) is 4.14. The molecule has 0 aliphatic heterocycles. The van der Waals surface area contributed by atoms with Gasteiger partial charge in [-0.2, -0.15) is 5.26 Å². The number of nitriles is 1. The first-order chi connectivity index (χ1) is 12.6. The van der Waals surface area contributed by atoms with E-state index in [0.29, 0.717) is 11.1 Å².